The van der Waals surface area contributed by atoms with Crippen molar-refractivity contribution in [3.05, 3.63) is 34.9 Å². The molecule has 0 saturated carbocycles. The minimum atomic E-state index is -0.0356. The van der Waals surface area contributed by atoms with Gasteiger partial charge in [0.15, 0.2) is 0 Å². The molecular weight excluding hydrogens is 278 g/mol. The highest BCUT2D eigenvalue weighted by Gasteiger charge is 2.31. The zero-order valence-corrected chi connectivity index (χ0v) is 13.6. The Morgan fingerprint density at radius 1 is 1.36 bits per heavy atom. The van der Waals surface area contributed by atoms with Crippen molar-refractivity contribution in [3.63, 3.8) is 0 Å². The van der Waals surface area contributed by atoms with E-state index in [-0.39, 0.29) is 11.3 Å². The van der Waals surface area contributed by atoms with Gasteiger partial charge in [-0.2, -0.15) is 10.2 Å². The van der Waals surface area contributed by atoms with Gasteiger partial charge in [-0.1, -0.05) is 20.8 Å². The highest BCUT2D eigenvalue weighted by atomic mass is 16.2. The summed E-state index contributed by atoms with van der Waals surface area (Å²) in [6, 6.07) is 1.87. The predicted molar refractivity (Wildman–Crippen MR) is 83.9 cm³/mol. The van der Waals surface area contributed by atoms with Crippen LogP contribution >= 0.6 is 0 Å². The van der Waals surface area contributed by atoms with E-state index < -0.39 is 0 Å². The fraction of sp³-hybridized carbons (Fsp3) is 0.562. The highest BCUT2D eigenvalue weighted by molar-refractivity contribution is 5.92. The van der Waals surface area contributed by atoms with Crippen LogP contribution < -0.4 is 0 Å². The predicted octanol–water partition coefficient (Wildman–Crippen LogP) is 2.37. The molecule has 1 aliphatic rings. The Bertz CT molecular complexity index is 679. The van der Waals surface area contributed by atoms with Crippen LogP contribution in [0.1, 0.15) is 60.5 Å². The molecule has 0 bridgehead atoms. The Morgan fingerprint density at radius 3 is 2.73 bits per heavy atom. The summed E-state index contributed by atoms with van der Waals surface area (Å²) in [5.74, 6) is 0.346. The molecular formula is C16H23N5O. The van der Waals surface area contributed by atoms with Gasteiger partial charge in [0.25, 0.3) is 5.91 Å². The second kappa shape index (κ2) is 5.26. The van der Waals surface area contributed by atoms with E-state index in [9.17, 15) is 4.79 Å². The number of aryl methyl sites for hydroxylation is 1. The lowest BCUT2D eigenvalue weighted by Crippen LogP contribution is -2.28. The van der Waals surface area contributed by atoms with Crippen molar-refractivity contribution < 1.29 is 4.79 Å². The second-order valence-corrected chi connectivity index (χ2v) is 7.12. The summed E-state index contributed by atoms with van der Waals surface area (Å²) < 4.78 is 0. The summed E-state index contributed by atoms with van der Waals surface area (Å²) in [5, 5.41) is 14.3. The quantitative estimate of drug-likeness (QED) is 0.894. The zero-order valence-electron chi connectivity index (χ0n) is 13.6. The molecule has 1 aliphatic heterocycles. The van der Waals surface area contributed by atoms with Gasteiger partial charge in [0.05, 0.1) is 6.20 Å². The van der Waals surface area contributed by atoms with Crippen LogP contribution in [0, 0.1) is 6.92 Å². The standard InChI is InChI=1S/C16H23N5O/c1-10-8-17-20-14(10)11-5-6-21(9-11)15(22)12-7-13(19-18-12)16(2,3)4/h7-8,11H,5-6,9H2,1-4H3,(H,17,20)(H,18,19)/t11-/m0/s1. The molecule has 1 fully saturated rings. The monoisotopic (exact) mass is 301 g/mol. The van der Waals surface area contributed by atoms with Crippen molar-refractivity contribution in [1.82, 2.24) is 25.3 Å². The first-order valence-corrected chi connectivity index (χ1v) is 7.71. The summed E-state index contributed by atoms with van der Waals surface area (Å²) in [7, 11) is 0. The molecule has 2 aromatic rings. The molecule has 1 amide bonds. The topological polar surface area (TPSA) is 77.7 Å². The van der Waals surface area contributed by atoms with Crippen LogP contribution in [0.2, 0.25) is 0 Å². The molecule has 0 aromatic carbocycles. The molecule has 22 heavy (non-hydrogen) atoms. The normalized spacial score (nSPS) is 18.9. The van der Waals surface area contributed by atoms with Crippen LogP contribution in [0.4, 0.5) is 0 Å². The highest BCUT2D eigenvalue weighted by Crippen LogP contribution is 2.29. The molecule has 0 unspecified atom stereocenters. The third-order valence-electron chi connectivity index (χ3n) is 4.36. The van der Waals surface area contributed by atoms with Crippen LogP contribution in [-0.2, 0) is 5.41 Å². The van der Waals surface area contributed by atoms with Crippen molar-refractivity contribution in [3.8, 4) is 0 Å². The van der Waals surface area contributed by atoms with Gasteiger partial charge in [0.1, 0.15) is 5.69 Å². The van der Waals surface area contributed by atoms with E-state index in [0.717, 1.165) is 36.5 Å². The maximum absolute atomic E-state index is 12.6. The molecule has 2 aromatic heterocycles. The third-order valence-corrected chi connectivity index (χ3v) is 4.36. The number of H-pyrrole nitrogens is 2. The number of aromatic nitrogens is 4. The Labute approximate surface area is 130 Å². The fourth-order valence-electron chi connectivity index (χ4n) is 2.93. The van der Waals surface area contributed by atoms with Crippen molar-refractivity contribution in [1.29, 1.82) is 0 Å². The number of aromatic amines is 2. The Balaban J connectivity index is 1.72. The maximum Gasteiger partial charge on any atom is 0.274 e. The number of nitrogens with one attached hydrogen (secondary N) is 2. The summed E-state index contributed by atoms with van der Waals surface area (Å²) >= 11 is 0. The van der Waals surface area contributed by atoms with Crippen molar-refractivity contribution in [2.75, 3.05) is 13.1 Å². The van der Waals surface area contributed by atoms with Crippen molar-refractivity contribution in [2.24, 2.45) is 0 Å². The van der Waals surface area contributed by atoms with E-state index in [4.69, 9.17) is 0 Å². The van der Waals surface area contributed by atoms with Gasteiger partial charge >= 0.3 is 0 Å². The van der Waals surface area contributed by atoms with E-state index >= 15 is 0 Å². The first kappa shape index (κ1) is 14.8. The van der Waals surface area contributed by atoms with Gasteiger partial charge < -0.3 is 4.90 Å². The number of carbonyl (C=O) groups excluding carboxylic acids is 1. The number of nitrogens with zero attached hydrogens (tertiary/aromatic N) is 3. The minimum Gasteiger partial charge on any atom is -0.337 e. The summed E-state index contributed by atoms with van der Waals surface area (Å²) in [6.07, 6.45) is 2.80. The molecule has 0 radical (unpaired) electrons. The van der Waals surface area contributed by atoms with Crippen LogP contribution in [0.5, 0.6) is 0 Å². The van der Waals surface area contributed by atoms with Crippen LogP contribution in [0.3, 0.4) is 0 Å². The number of likely N-dealkylation sites (tertiary alicyclic amines) is 1. The van der Waals surface area contributed by atoms with Gasteiger partial charge in [-0.25, -0.2) is 0 Å². The Hall–Kier alpha value is -2.11. The molecule has 3 rings (SSSR count). The summed E-state index contributed by atoms with van der Waals surface area (Å²) in [6.45, 7) is 9.83. The molecule has 0 spiro atoms. The van der Waals surface area contributed by atoms with Crippen LogP contribution in [0.15, 0.2) is 12.3 Å². The number of carbonyl (C=O) groups is 1. The molecule has 1 saturated heterocycles. The molecule has 2 N–H and O–H groups in total. The SMILES string of the molecule is Cc1cn[nH]c1[C@H]1CCN(C(=O)c2cc(C(C)(C)C)[nH]n2)C1. The molecule has 3 heterocycles. The first-order chi connectivity index (χ1) is 10.4. The molecule has 6 heteroatoms. The first-order valence-electron chi connectivity index (χ1n) is 7.71. The number of hydrogen-bond donors (Lipinski definition) is 2. The summed E-state index contributed by atoms with van der Waals surface area (Å²) in [4.78, 5) is 14.5. The van der Waals surface area contributed by atoms with Crippen molar-refractivity contribution in [2.45, 2.75) is 45.4 Å². The van der Waals surface area contributed by atoms with E-state index in [1.54, 1.807) is 0 Å². The summed E-state index contributed by atoms with van der Waals surface area (Å²) in [5.41, 5.74) is 3.76. The second-order valence-electron chi connectivity index (χ2n) is 7.12. The minimum absolute atomic E-state index is 0.00594. The van der Waals surface area contributed by atoms with Gasteiger partial charge in [0.2, 0.25) is 0 Å². The Kier molecular flexibility index (Phi) is 3.54. The number of rotatable bonds is 2. The van der Waals surface area contributed by atoms with Crippen LogP contribution in [-0.4, -0.2) is 44.3 Å². The average Bonchev–Trinajstić information content (AvgIpc) is 3.16. The van der Waals surface area contributed by atoms with Gasteiger partial charge in [-0.15, -0.1) is 0 Å². The van der Waals surface area contributed by atoms with Crippen molar-refractivity contribution >= 4 is 5.91 Å². The molecule has 1 atom stereocenters. The zero-order chi connectivity index (χ0) is 15.9. The molecule has 6 nitrogen and oxygen atoms in total. The van der Waals surface area contributed by atoms with Gasteiger partial charge in [-0.05, 0) is 25.0 Å². The van der Waals surface area contributed by atoms with Gasteiger partial charge in [-0.3, -0.25) is 15.0 Å². The van der Waals surface area contributed by atoms with Gasteiger partial charge in [0, 0.05) is 35.8 Å². The largest absolute Gasteiger partial charge is 0.337 e. The average molecular weight is 301 g/mol. The molecule has 0 aliphatic carbocycles. The van der Waals surface area contributed by atoms with E-state index in [1.165, 1.54) is 0 Å². The van der Waals surface area contributed by atoms with E-state index in [2.05, 4.69) is 41.2 Å². The Morgan fingerprint density at radius 2 is 2.14 bits per heavy atom. The molecule has 118 valence electrons. The smallest absolute Gasteiger partial charge is 0.274 e. The lowest BCUT2D eigenvalue weighted by Gasteiger charge is -2.16. The third kappa shape index (κ3) is 2.65. The lowest BCUT2D eigenvalue weighted by atomic mass is 9.92. The number of amides is 1. The fourth-order valence-corrected chi connectivity index (χ4v) is 2.93. The van der Waals surface area contributed by atoms with E-state index in [0.29, 0.717) is 11.6 Å². The van der Waals surface area contributed by atoms with E-state index in [1.807, 2.05) is 24.1 Å². The maximum atomic E-state index is 12.6. The number of hydrogen-bond acceptors (Lipinski definition) is 3. The van der Waals surface area contributed by atoms with Crippen LogP contribution in [0.25, 0.3) is 0 Å². The lowest BCUT2D eigenvalue weighted by molar-refractivity contribution is 0.0785.